The van der Waals surface area contributed by atoms with Crippen molar-refractivity contribution in [1.29, 1.82) is 0 Å². The third-order valence-corrected chi connectivity index (χ3v) is 4.42. The highest BCUT2D eigenvalue weighted by molar-refractivity contribution is 5.84. The van der Waals surface area contributed by atoms with Crippen LogP contribution in [0.5, 0.6) is 5.75 Å². The van der Waals surface area contributed by atoms with Crippen LogP contribution in [0.3, 0.4) is 0 Å². The fourth-order valence-electron chi connectivity index (χ4n) is 3.05. The van der Waals surface area contributed by atoms with E-state index in [2.05, 4.69) is 22.0 Å². The number of benzene rings is 2. The Morgan fingerprint density at radius 2 is 1.88 bits per heavy atom. The summed E-state index contributed by atoms with van der Waals surface area (Å²) in [7, 11) is 0. The Bertz CT molecular complexity index is 783. The Hall–Kier alpha value is -2.73. The molecule has 0 saturated carbocycles. The molecular formula is C19H21N3O3. The molecule has 1 saturated heterocycles. The van der Waals surface area contributed by atoms with E-state index >= 15 is 0 Å². The molecule has 1 aliphatic heterocycles. The lowest BCUT2D eigenvalue weighted by atomic mass is 10.1. The van der Waals surface area contributed by atoms with Gasteiger partial charge in [-0.2, -0.15) is 0 Å². The third-order valence-electron chi connectivity index (χ3n) is 4.42. The van der Waals surface area contributed by atoms with E-state index in [1.807, 2.05) is 12.1 Å². The van der Waals surface area contributed by atoms with E-state index in [0.717, 1.165) is 25.2 Å². The van der Waals surface area contributed by atoms with Gasteiger partial charge in [0.15, 0.2) is 0 Å². The van der Waals surface area contributed by atoms with Crippen LogP contribution >= 0.6 is 0 Å². The second-order valence-electron chi connectivity index (χ2n) is 6.22. The van der Waals surface area contributed by atoms with Crippen molar-refractivity contribution in [2.24, 2.45) is 4.99 Å². The van der Waals surface area contributed by atoms with E-state index in [0.29, 0.717) is 12.1 Å². The number of hydrogen-bond donors (Lipinski definition) is 1. The molecule has 3 rings (SSSR count). The molecule has 0 spiro atoms. The molecule has 2 aromatic rings. The third kappa shape index (κ3) is 4.42. The van der Waals surface area contributed by atoms with Gasteiger partial charge in [-0.15, -0.1) is 0 Å². The molecule has 1 fully saturated rings. The van der Waals surface area contributed by atoms with Crippen molar-refractivity contribution in [3.05, 3.63) is 69.3 Å². The Kier molecular flexibility index (Phi) is 5.40. The molecule has 0 aliphatic carbocycles. The van der Waals surface area contributed by atoms with Gasteiger partial charge < -0.3 is 5.11 Å². The normalized spacial score (nSPS) is 15.0. The predicted octanol–water partition coefficient (Wildman–Crippen LogP) is 3.52. The molecule has 0 amide bonds. The summed E-state index contributed by atoms with van der Waals surface area (Å²) in [6, 6.07) is 12.1. The van der Waals surface area contributed by atoms with Gasteiger partial charge in [0.05, 0.1) is 11.5 Å². The molecule has 0 unspecified atom stereocenters. The van der Waals surface area contributed by atoms with Gasteiger partial charge in [-0.3, -0.25) is 20.0 Å². The maximum Gasteiger partial charge on any atom is 0.270 e. The van der Waals surface area contributed by atoms with Crippen molar-refractivity contribution in [3.63, 3.8) is 0 Å². The zero-order valence-electron chi connectivity index (χ0n) is 14.0. The van der Waals surface area contributed by atoms with Gasteiger partial charge >= 0.3 is 0 Å². The second-order valence-corrected chi connectivity index (χ2v) is 6.22. The number of nitrogens with zero attached hydrogens (tertiary/aromatic N) is 3. The van der Waals surface area contributed by atoms with E-state index in [-0.39, 0.29) is 11.4 Å². The number of nitro benzene ring substituents is 1. The van der Waals surface area contributed by atoms with E-state index in [4.69, 9.17) is 0 Å². The van der Waals surface area contributed by atoms with Crippen LogP contribution in [0.4, 0.5) is 5.69 Å². The minimum absolute atomic E-state index is 0.0142. The average molecular weight is 339 g/mol. The topological polar surface area (TPSA) is 79.0 Å². The van der Waals surface area contributed by atoms with E-state index in [1.54, 1.807) is 0 Å². The maximum absolute atomic E-state index is 10.8. The first-order valence-electron chi connectivity index (χ1n) is 8.40. The molecular weight excluding hydrogens is 318 g/mol. The van der Waals surface area contributed by atoms with Crippen molar-refractivity contribution >= 4 is 11.9 Å². The van der Waals surface area contributed by atoms with Crippen LogP contribution in [0.1, 0.15) is 29.5 Å². The van der Waals surface area contributed by atoms with Crippen LogP contribution in [0.15, 0.2) is 47.5 Å². The largest absolute Gasteiger partial charge is 0.507 e. The van der Waals surface area contributed by atoms with Gasteiger partial charge in [0.2, 0.25) is 0 Å². The van der Waals surface area contributed by atoms with Crippen LogP contribution in [0.25, 0.3) is 0 Å². The van der Waals surface area contributed by atoms with Crippen LogP contribution < -0.4 is 0 Å². The van der Waals surface area contributed by atoms with Gasteiger partial charge in [0.1, 0.15) is 5.75 Å². The summed E-state index contributed by atoms with van der Waals surface area (Å²) >= 11 is 0. The first kappa shape index (κ1) is 17.1. The molecule has 130 valence electrons. The molecule has 2 aromatic carbocycles. The zero-order chi connectivity index (χ0) is 17.6. The van der Waals surface area contributed by atoms with Gasteiger partial charge in [0, 0.05) is 30.5 Å². The maximum atomic E-state index is 10.8. The molecule has 0 radical (unpaired) electrons. The Balaban J connectivity index is 1.72. The predicted molar refractivity (Wildman–Crippen MR) is 97.0 cm³/mol. The number of aromatic hydroxyl groups is 1. The van der Waals surface area contributed by atoms with Gasteiger partial charge in [-0.1, -0.05) is 24.3 Å². The quantitative estimate of drug-likeness (QED) is 0.496. The number of aliphatic imine (C=N–C) groups is 1. The van der Waals surface area contributed by atoms with Gasteiger partial charge in [-0.25, -0.2) is 0 Å². The Labute approximate surface area is 146 Å². The van der Waals surface area contributed by atoms with Crippen LogP contribution in [-0.4, -0.2) is 34.2 Å². The lowest BCUT2D eigenvalue weighted by molar-refractivity contribution is -0.384. The van der Waals surface area contributed by atoms with E-state index in [9.17, 15) is 15.2 Å². The van der Waals surface area contributed by atoms with Crippen molar-refractivity contribution < 1.29 is 10.0 Å². The summed E-state index contributed by atoms with van der Waals surface area (Å²) in [5.41, 5.74) is 2.68. The molecule has 0 aromatic heterocycles. The number of phenols is 1. The van der Waals surface area contributed by atoms with Crippen molar-refractivity contribution in [2.45, 2.75) is 25.9 Å². The summed E-state index contributed by atoms with van der Waals surface area (Å²) in [5, 5.41) is 20.7. The molecule has 1 heterocycles. The number of likely N-dealkylation sites (tertiary alicyclic amines) is 1. The highest BCUT2D eigenvalue weighted by Gasteiger charge is 2.13. The van der Waals surface area contributed by atoms with Crippen molar-refractivity contribution in [1.82, 2.24) is 4.90 Å². The summed E-state index contributed by atoms with van der Waals surface area (Å²) in [5.74, 6) is -0.0142. The lowest BCUT2D eigenvalue weighted by Crippen LogP contribution is -2.19. The van der Waals surface area contributed by atoms with E-state index < -0.39 is 4.92 Å². The SMILES string of the molecule is O=[N+]([O-])c1ccc(O)c(C=NCc2ccccc2CN2CCCC2)c1. The fourth-order valence-corrected chi connectivity index (χ4v) is 3.05. The zero-order valence-corrected chi connectivity index (χ0v) is 14.0. The molecule has 0 bridgehead atoms. The summed E-state index contributed by atoms with van der Waals surface area (Å²) in [6.45, 7) is 3.68. The number of hydrogen-bond acceptors (Lipinski definition) is 5. The average Bonchev–Trinajstić information content (AvgIpc) is 3.11. The number of phenolic OH excluding ortho intramolecular Hbond substituents is 1. The van der Waals surface area contributed by atoms with Crippen LogP contribution in [-0.2, 0) is 13.1 Å². The summed E-state index contributed by atoms with van der Waals surface area (Å²) < 4.78 is 0. The number of non-ortho nitro benzene ring substituents is 1. The Morgan fingerprint density at radius 3 is 2.60 bits per heavy atom. The molecule has 25 heavy (non-hydrogen) atoms. The van der Waals surface area contributed by atoms with Gasteiger partial charge in [0.25, 0.3) is 5.69 Å². The summed E-state index contributed by atoms with van der Waals surface area (Å²) in [6.07, 6.45) is 4.01. The van der Waals surface area contributed by atoms with Crippen LogP contribution in [0, 0.1) is 10.1 Å². The first-order valence-corrected chi connectivity index (χ1v) is 8.40. The first-order chi connectivity index (χ1) is 12.1. The number of rotatable bonds is 6. The highest BCUT2D eigenvalue weighted by atomic mass is 16.6. The molecule has 1 aliphatic rings. The number of nitro groups is 1. The lowest BCUT2D eigenvalue weighted by Gasteiger charge is -2.16. The fraction of sp³-hybridized carbons (Fsp3) is 0.316. The van der Waals surface area contributed by atoms with Crippen molar-refractivity contribution in [2.75, 3.05) is 13.1 Å². The van der Waals surface area contributed by atoms with Crippen LogP contribution in [0.2, 0.25) is 0 Å². The minimum atomic E-state index is -0.484. The van der Waals surface area contributed by atoms with Gasteiger partial charge in [-0.05, 0) is 43.1 Å². The van der Waals surface area contributed by atoms with Crippen molar-refractivity contribution in [3.8, 4) is 5.75 Å². The standard InChI is InChI=1S/C19H21N3O3/c23-19-8-7-18(22(24)25)11-17(19)13-20-12-15-5-1-2-6-16(15)14-21-9-3-4-10-21/h1-2,5-8,11,13,23H,3-4,9-10,12,14H2. The van der Waals surface area contributed by atoms with E-state index in [1.165, 1.54) is 42.8 Å². The Morgan fingerprint density at radius 1 is 1.16 bits per heavy atom. The molecule has 1 N–H and O–H groups in total. The highest BCUT2D eigenvalue weighted by Crippen LogP contribution is 2.22. The monoisotopic (exact) mass is 339 g/mol. The second kappa shape index (κ2) is 7.90. The molecule has 0 atom stereocenters. The summed E-state index contributed by atoms with van der Waals surface area (Å²) in [4.78, 5) is 17.2. The minimum Gasteiger partial charge on any atom is -0.507 e. The molecule has 6 heteroatoms. The molecule has 6 nitrogen and oxygen atoms in total. The smallest absolute Gasteiger partial charge is 0.270 e.